The largest absolute Gasteiger partial charge is 1.00 e. The maximum absolute atomic E-state index is 2.65. The van der Waals surface area contributed by atoms with Crippen LogP contribution in [0, 0.1) is 0 Å². The Bertz CT molecular complexity index is 159. The van der Waals surface area contributed by atoms with Gasteiger partial charge in [-0.15, -0.1) is 0 Å². The monoisotopic (exact) mass is 214 g/mol. The van der Waals surface area contributed by atoms with Crippen molar-refractivity contribution in [2.24, 2.45) is 0 Å². The molecule has 0 heterocycles. The number of allylic oxidation sites excluding steroid dienone is 4. The Kier molecular flexibility index (Phi) is 5.97. The molecule has 0 aromatic heterocycles. The normalized spacial score (nSPS) is 28.3. The number of hydrogen-bond donors (Lipinski definition) is 0. The predicted octanol–water partition coefficient (Wildman–Crippen LogP) is -3.76. The summed E-state index contributed by atoms with van der Waals surface area (Å²) in [7, 11) is 0. The second kappa shape index (κ2) is 4.51. The average Bonchev–Trinajstić information content (AvgIpc) is 1.82. The summed E-state index contributed by atoms with van der Waals surface area (Å²) in [6.45, 7) is 4.30. The fourth-order valence-corrected chi connectivity index (χ4v) is 1.29. The molecule has 10 heavy (non-hydrogen) atoms. The van der Waals surface area contributed by atoms with Crippen LogP contribution in [0.5, 0.6) is 0 Å². The van der Waals surface area contributed by atoms with Gasteiger partial charge in [0, 0.05) is 0 Å². The molecule has 1 aliphatic carbocycles. The molecule has 1 rings (SSSR count). The van der Waals surface area contributed by atoms with Crippen LogP contribution < -0.4 is 24.8 Å². The van der Waals surface area contributed by atoms with Gasteiger partial charge in [0.1, 0.15) is 0 Å². The van der Waals surface area contributed by atoms with Gasteiger partial charge in [0.15, 0.2) is 0 Å². The van der Waals surface area contributed by atoms with Gasteiger partial charge in [-0.3, -0.25) is 0 Å². The minimum Gasteiger partial charge on any atom is -1.00 e. The first-order chi connectivity index (χ1) is 3.60. The molecule has 56 valence electrons. The summed E-state index contributed by atoms with van der Waals surface area (Å²) in [5.41, 5.74) is 1.37. The molecule has 1 aliphatic rings. The van der Waals surface area contributed by atoms with Gasteiger partial charge in [0.25, 0.3) is 0 Å². The molecule has 0 aromatic rings. The van der Waals surface area contributed by atoms with Gasteiger partial charge in [-0.05, 0) is 0 Å². The summed E-state index contributed by atoms with van der Waals surface area (Å²) < 4.78 is 0.261. The van der Waals surface area contributed by atoms with Gasteiger partial charge in [0.05, 0.1) is 0 Å². The van der Waals surface area contributed by atoms with E-state index >= 15 is 0 Å². The van der Waals surface area contributed by atoms with E-state index in [0.29, 0.717) is 0 Å². The van der Waals surface area contributed by atoms with Crippen LogP contribution in [-0.4, -0.2) is 0 Å². The maximum atomic E-state index is 2.65. The summed E-state index contributed by atoms with van der Waals surface area (Å²) in [5, 5.41) is 0. The van der Waals surface area contributed by atoms with Crippen LogP contribution in [0.4, 0.5) is 0 Å². The van der Waals surface area contributed by atoms with Crippen molar-refractivity contribution >= 4 is 0 Å². The molecule has 0 saturated heterocycles. The van der Waals surface area contributed by atoms with Crippen LogP contribution in [0.25, 0.3) is 0 Å². The topological polar surface area (TPSA) is 0 Å². The van der Waals surface area contributed by atoms with E-state index < -0.39 is 0 Å². The first kappa shape index (κ1) is 13.2. The second-order valence-electron chi connectivity index (χ2n) is 2.45. The zero-order valence-corrected chi connectivity index (χ0v) is 8.84. The molecular formula is C7H9Cl2V. The first-order valence-corrected chi connectivity index (χ1v) is 3.41. The summed E-state index contributed by atoms with van der Waals surface area (Å²) in [4.78, 5) is 0. The quantitative estimate of drug-likeness (QED) is 0.389. The zero-order chi connectivity index (χ0) is 6.20. The van der Waals surface area contributed by atoms with E-state index in [9.17, 15) is 0 Å². The van der Waals surface area contributed by atoms with Gasteiger partial charge in [-0.1, -0.05) is 0 Å². The van der Waals surface area contributed by atoms with Crippen molar-refractivity contribution in [1.82, 2.24) is 0 Å². The molecule has 0 radical (unpaired) electrons. The number of rotatable bonds is 0. The van der Waals surface area contributed by atoms with Gasteiger partial charge in [0.2, 0.25) is 0 Å². The van der Waals surface area contributed by atoms with Crippen molar-refractivity contribution in [3.05, 3.63) is 23.8 Å². The molecule has 0 saturated carbocycles. The van der Waals surface area contributed by atoms with E-state index in [4.69, 9.17) is 0 Å². The summed E-state index contributed by atoms with van der Waals surface area (Å²) in [5.74, 6) is 0. The summed E-state index contributed by atoms with van der Waals surface area (Å²) in [6.07, 6.45) is 6.59. The second-order valence-corrected chi connectivity index (χ2v) is 3.95. The van der Waals surface area contributed by atoms with Crippen LogP contribution in [0.3, 0.4) is 0 Å². The van der Waals surface area contributed by atoms with Gasteiger partial charge in [-0.2, -0.15) is 0 Å². The Morgan fingerprint density at radius 1 is 1.40 bits per heavy atom. The van der Waals surface area contributed by atoms with Crippen molar-refractivity contribution in [3.8, 4) is 0 Å². The molecule has 0 N–H and O–H groups in total. The third kappa shape index (κ3) is 3.73. The molecule has 0 bridgehead atoms. The van der Waals surface area contributed by atoms with E-state index in [-0.39, 0.29) is 28.9 Å². The number of halogens is 2. The molecule has 0 nitrogen and oxygen atoms in total. The fraction of sp³-hybridized carbons (Fsp3) is 0.429. The number of hydrogen-bond acceptors (Lipinski definition) is 0. The van der Waals surface area contributed by atoms with E-state index in [2.05, 4.69) is 49.5 Å². The third-order valence-corrected chi connectivity index (χ3v) is 1.64. The Hall–Kier alpha value is 0.644. The van der Waals surface area contributed by atoms with Crippen molar-refractivity contribution in [3.63, 3.8) is 0 Å². The van der Waals surface area contributed by atoms with Crippen molar-refractivity contribution in [2.75, 3.05) is 0 Å². The molecule has 0 fully saturated rings. The minimum absolute atomic E-state index is 0. The Labute approximate surface area is 83.9 Å². The first-order valence-electron chi connectivity index (χ1n) is 2.71. The van der Waals surface area contributed by atoms with Gasteiger partial charge in [-0.25, -0.2) is 0 Å². The fourth-order valence-electron chi connectivity index (χ4n) is 0.857. The van der Waals surface area contributed by atoms with Crippen LogP contribution >= 0.6 is 0 Å². The third-order valence-electron chi connectivity index (χ3n) is 1.20. The maximum Gasteiger partial charge on any atom is -1.00 e. The van der Waals surface area contributed by atoms with E-state index in [1.807, 2.05) is 0 Å². The van der Waals surface area contributed by atoms with Gasteiger partial charge >= 0.3 is 59.2 Å². The SMILES string of the molecule is CC1=C[C](C)([V+2])C=C1.[Cl-].[Cl-]. The zero-order valence-electron chi connectivity index (χ0n) is 5.94. The molecule has 0 spiro atoms. The molecule has 1 unspecified atom stereocenters. The minimum atomic E-state index is 0. The molecule has 1 atom stereocenters. The summed E-state index contributed by atoms with van der Waals surface area (Å²) >= 11 is 2.65. The Balaban J connectivity index is 0. The van der Waals surface area contributed by atoms with Crippen molar-refractivity contribution in [1.29, 1.82) is 0 Å². The predicted molar refractivity (Wildman–Crippen MR) is 31.3 cm³/mol. The van der Waals surface area contributed by atoms with Crippen LogP contribution in [0.2, 0.25) is 4.13 Å². The molecule has 3 heteroatoms. The summed E-state index contributed by atoms with van der Waals surface area (Å²) in [6, 6.07) is 0. The van der Waals surface area contributed by atoms with E-state index in [1.54, 1.807) is 0 Å². The van der Waals surface area contributed by atoms with E-state index in [1.165, 1.54) is 5.57 Å². The van der Waals surface area contributed by atoms with Crippen molar-refractivity contribution < 1.29 is 42.2 Å². The molecule has 0 aliphatic heterocycles. The van der Waals surface area contributed by atoms with Gasteiger partial charge < -0.3 is 24.8 Å². The molecular weight excluding hydrogens is 206 g/mol. The average molecular weight is 215 g/mol. The smallest absolute Gasteiger partial charge is 1.00 e. The Morgan fingerprint density at radius 2 is 1.90 bits per heavy atom. The van der Waals surface area contributed by atoms with Crippen LogP contribution in [-0.2, 0) is 17.4 Å². The van der Waals surface area contributed by atoms with E-state index in [0.717, 1.165) is 0 Å². The standard InChI is InChI=1S/C7H9.2ClH.V/c1-6-3-4-7(2)5-6;;;/h3-5H,1-2H3;2*1H;/q;;;+2/p-2. The molecule has 0 amide bonds. The molecule has 0 aromatic carbocycles. The van der Waals surface area contributed by atoms with Crippen molar-refractivity contribution in [2.45, 2.75) is 18.0 Å². The van der Waals surface area contributed by atoms with Crippen LogP contribution in [0.1, 0.15) is 13.8 Å². The Morgan fingerprint density at radius 3 is 2.00 bits per heavy atom. The van der Waals surface area contributed by atoms with Crippen LogP contribution in [0.15, 0.2) is 23.8 Å².